The number of nitrogens with one attached hydrogen (secondary N) is 1. The van der Waals surface area contributed by atoms with Crippen molar-refractivity contribution in [3.05, 3.63) is 69.9 Å². The van der Waals surface area contributed by atoms with Gasteiger partial charge in [0.2, 0.25) is 5.91 Å². The predicted octanol–water partition coefficient (Wildman–Crippen LogP) is 5.99. The summed E-state index contributed by atoms with van der Waals surface area (Å²) in [5.41, 5.74) is 5.61. The third-order valence-corrected chi connectivity index (χ3v) is 6.00. The van der Waals surface area contributed by atoms with Crippen LogP contribution in [0.25, 0.3) is 11.1 Å². The summed E-state index contributed by atoms with van der Waals surface area (Å²) in [6.07, 6.45) is 1.47. The van der Waals surface area contributed by atoms with E-state index in [0.29, 0.717) is 6.42 Å². The molecule has 1 aromatic heterocycles. The van der Waals surface area contributed by atoms with Crippen LogP contribution in [-0.2, 0) is 4.79 Å². The molecule has 1 N–H and O–H groups in total. The highest BCUT2D eigenvalue weighted by molar-refractivity contribution is 7.11. The van der Waals surface area contributed by atoms with Gasteiger partial charge >= 0.3 is 0 Å². The Morgan fingerprint density at radius 3 is 2.56 bits per heavy atom. The molecule has 2 heterocycles. The van der Waals surface area contributed by atoms with Crippen LogP contribution in [0.1, 0.15) is 41.7 Å². The first-order valence-electron chi connectivity index (χ1n) is 9.36. The van der Waals surface area contributed by atoms with Crippen molar-refractivity contribution in [3.63, 3.8) is 0 Å². The van der Waals surface area contributed by atoms with Gasteiger partial charge in [0.15, 0.2) is 0 Å². The lowest BCUT2D eigenvalue weighted by molar-refractivity contribution is -0.116. The number of thiophene rings is 1. The molecule has 27 heavy (non-hydrogen) atoms. The van der Waals surface area contributed by atoms with Gasteiger partial charge in [-0.2, -0.15) is 0 Å². The Bertz CT molecular complexity index is 942. The molecule has 1 aliphatic heterocycles. The first kappa shape index (κ1) is 17.8. The third-order valence-electron chi connectivity index (χ3n) is 4.91. The molecule has 0 saturated heterocycles. The fraction of sp³-hybridized carbons (Fsp3) is 0.261. The fourth-order valence-corrected chi connectivity index (χ4v) is 4.62. The highest BCUT2D eigenvalue weighted by atomic mass is 32.1. The maximum absolute atomic E-state index is 12.4. The second kappa shape index (κ2) is 7.57. The summed E-state index contributed by atoms with van der Waals surface area (Å²) in [5, 5.41) is 5.27. The molecule has 3 aromatic rings. The van der Waals surface area contributed by atoms with E-state index in [1.165, 1.54) is 10.4 Å². The molecular weight excluding hydrogens is 354 g/mol. The molecule has 1 amide bonds. The number of carbonyl (C=O) groups excluding carboxylic acids is 1. The molecule has 0 saturated carbocycles. The van der Waals surface area contributed by atoms with E-state index in [9.17, 15) is 4.79 Å². The number of carbonyl (C=O) groups is 1. The molecule has 2 aromatic carbocycles. The maximum atomic E-state index is 12.4. The van der Waals surface area contributed by atoms with Crippen LogP contribution in [0.3, 0.4) is 0 Å². The number of fused-ring (bicyclic) bond motifs is 1. The lowest BCUT2D eigenvalue weighted by Gasteiger charge is -2.24. The molecule has 0 spiro atoms. The molecule has 0 bridgehead atoms. The number of rotatable bonds is 5. The molecule has 1 atom stereocenters. The quantitative estimate of drug-likeness (QED) is 0.593. The Morgan fingerprint density at radius 2 is 1.85 bits per heavy atom. The molecule has 138 valence electrons. The first-order chi connectivity index (χ1) is 13.2. The van der Waals surface area contributed by atoms with Crippen molar-refractivity contribution in [2.45, 2.75) is 32.6 Å². The van der Waals surface area contributed by atoms with Gasteiger partial charge < -0.3 is 10.1 Å². The zero-order valence-electron chi connectivity index (χ0n) is 15.6. The van der Waals surface area contributed by atoms with Gasteiger partial charge in [-0.25, -0.2) is 0 Å². The van der Waals surface area contributed by atoms with Crippen molar-refractivity contribution in [1.29, 1.82) is 0 Å². The Labute approximate surface area is 164 Å². The molecule has 4 heteroatoms. The van der Waals surface area contributed by atoms with Crippen LogP contribution in [0.4, 0.5) is 5.69 Å². The van der Waals surface area contributed by atoms with Gasteiger partial charge in [-0.05, 0) is 36.6 Å². The van der Waals surface area contributed by atoms with Crippen LogP contribution >= 0.6 is 11.3 Å². The van der Waals surface area contributed by atoms with Crippen LogP contribution in [-0.4, -0.2) is 12.5 Å². The summed E-state index contributed by atoms with van der Waals surface area (Å²) >= 11 is 1.73. The van der Waals surface area contributed by atoms with Gasteiger partial charge in [0.1, 0.15) is 5.75 Å². The van der Waals surface area contributed by atoms with Crippen LogP contribution in [0.15, 0.2) is 53.9 Å². The zero-order chi connectivity index (χ0) is 18.8. The molecule has 0 unspecified atom stereocenters. The number of anilines is 1. The molecule has 4 rings (SSSR count). The number of benzene rings is 2. The van der Waals surface area contributed by atoms with Gasteiger partial charge in [0.25, 0.3) is 0 Å². The average molecular weight is 378 g/mol. The first-order valence-corrected chi connectivity index (χ1v) is 10.2. The SMILES string of the molecule is CCCOc1ccc([C@@H]2CC(=O)Nc3c(-c4ccc(C)cc4)csc32)cc1. The van der Waals surface area contributed by atoms with Gasteiger partial charge in [-0.3, -0.25) is 4.79 Å². The molecule has 1 aliphatic rings. The van der Waals surface area contributed by atoms with E-state index in [0.717, 1.165) is 41.2 Å². The molecule has 3 nitrogen and oxygen atoms in total. The van der Waals surface area contributed by atoms with Crippen molar-refractivity contribution < 1.29 is 9.53 Å². The Balaban J connectivity index is 1.67. The van der Waals surface area contributed by atoms with Crippen molar-refractivity contribution in [1.82, 2.24) is 0 Å². The summed E-state index contributed by atoms with van der Waals surface area (Å²) in [5.74, 6) is 1.05. The summed E-state index contributed by atoms with van der Waals surface area (Å²) in [6, 6.07) is 16.6. The molecule has 0 fully saturated rings. The second-order valence-corrected chi connectivity index (χ2v) is 7.89. The van der Waals surface area contributed by atoms with Crippen molar-refractivity contribution >= 4 is 22.9 Å². The predicted molar refractivity (Wildman–Crippen MR) is 112 cm³/mol. The largest absolute Gasteiger partial charge is 0.494 e. The van der Waals surface area contributed by atoms with Crippen LogP contribution < -0.4 is 10.1 Å². The minimum Gasteiger partial charge on any atom is -0.494 e. The van der Waals surface area contributed by atoms with Gasteiger partial charge in [-0.1, -0.05) is 48.9 Å². The number of hydrogen-bond donors (Lipinski definition) is 1. The summed E-state index contributed by atoms with van der Waals surface area (Å²) in [6.45, 7) is 4.90. The van der Waals surface area contributed by atoms with Crippen LogP contribution in [0, 0.1) is 6.92 Å². The highest BCUT2D eigenvalue weighted by Crippen LogP contribution is 2.46. The normalized spacial score (nSPS) is 15.9. The number of aryl methyl sites for hydroxylation is 1. The smallest absolute Gasteiger partial charge is 0.225 e. The van der Waals surface area contributed by atoms with E-state index in [1.54, 1.807) is 11.3 Å². The Morgan fingerprint density at radius 1 is 1.11 bits per heavy atom. The third kappa shape index (κ3) is 3.62. The van der Waals surface area contributed by atoms with E-state index in [4.69, 9.17) is 4.74 Å². The number of ether oxygens (including phenoxy) is 1. The van der Waals surface area contributed by atoms with Gasteiger partial charge in [-0.15, -0.1) is 11.3 Å². The van der Waals surface area contributed by atoms with E-state index >= 15 is 0 Å². The average Bonchev–Trinajstić information content (AvgIpc) is 3.10. The Kier molecular flexibility index (Phi) is 4.99. The number of amides is 1. The topological polar surface area (TPSA) is 38.3 Å². The standard InChI is InChI=1S/C23H23NO2S/c1-3-12-26-18-10-8-16(9-11-18)19-13-21(25)24-22-20(14-27-23(19)22)17-6-4-15(2)5-7-17/h4-11,14,19H,3,12-13H2,1-2H3,(H,24,25)/t19-/m0/s1. The van der Waals surface area contributed by atoms with Crippen molar-refractivity contribution in [3.8, 4) is 16.9 Å². The summed E-state index contributed by atoms with van der Waals surface area (Å²) in [4.78, 5) is 13.7. The maximum Gasteiger partial charge on any atom is 0.225 e. The zero-order valence-corrected chi connectivity index (χ0v) is 16.4. The van der Waals surface area contributed by atoms with Crippen LogP contribution in [0.5, 0.6) is 5.75 Å². The van der Waals surface area contributed by atoms with Crippen molar-refractivity contribution in [2.24, 2.45) is 0 Å². The molecular formula is C23H23NO2S. The lowest BCUT2D eigenvalue weighted by Crippen LogP contribution is -2.22. The van der Waals surface area contributed by atoms with Gasteiger partial charge in [0.05, 0.1) is 12.3 Å². The molecule has 0 radical (unpaired) electrons. The lowest BCUT2D eigenvalue weighted by atomic mass is 9.89. The minimum atomic E-state index is 0.0746. The number of hydrogen-bond acceptors (Lipinski definition) is 3. The summed E-state index contributed by atoms with van der Waals surface area (Å²) < 4.78 is 5.68. The van der Waals surface area contributed by atoms with E-state index in [1.807, 2.05) is 12.1 Å². The van der Waals surface area contributed by atoms with Crippen LogP contribution in [0.2, 0.25) is 0 Å². The Hall–Kier alpha value is -2.59. The van der Waals surface area contributed by atoms with E-state index in [2.05, 4.69) is 60.9 Å². The monoisotopic (exact) mass is 377 g/mol. The minimum absolute atomic E-state index is 0.0746. The summed E-state index contributed by atoms with van der Waals surface area (Å²) in [7, 11) is 0. The van der Waals surface area contributed by atoms with Gasteiger partial charge in [0, 0.05) is 28.2 Å². The fourth-order valence-electron chi connectivity index (χ4n) is 3.46. The van der Waals surface area contributed by atoms with E-state index in [-0.39, 0.29) is 11.8 Å². The van der Waals surface area contributed by atoms with E-state index < -0.39 is 0 Å². The van der Waals surface area contributed by atoms with Crippen molar-refractivity contribution in [2.75, 3.05) is 11.9 Å². The highest BCUT2D eigenvalue weighted by Gasteiger charge is 2.30. The second-order valence-electron chi connectivity index (χ2n) is 6.98. The molecule has 0 aliphatic carbocycles.